The molecule has 104 valence electrons. The zero-order valence-electron chi connectivity index (χ0n) is 10.4. The summed E-state index contributed by atoms with van der Waals surface area (Å²) in [5.74, 6) is -0.677. The van der Waals surface area contributed by atoms with Gasteiger partial charge in [0.1, 0.15) is 15.7 Å². The van der Waals surface area contributed by atoms with Gasteiger partial charge in [0.15, 0.2) is 0 Å². The molecule has 0 spiro atoms. The van der Waals surface area contributed by atoms with Gasteiger partial charge < -0.3 is 10.1 Å². The molecule has 0 saturated carbocycles. The van der Waals surface area contributed by atoms with Gasteiger partial charge in [0.25, 0.3) is 0 Å². The summed E-state index contributed by atoms with van der Waals surface area (Å²) < 4.78 is 0. The van der Waals surface area contributed by atoms with Gasteiger partial charge in [-0.1, -0.05) is 17.7 Å². The highest BCUT2D eigenvalue weighted by Gasteiger charge is 2.16. The molecule has 0 amide bonds. The zero-order chi connectivity index (χ0) is 14.7. The summed E-state index contributed by atoms with van der Waals surface area (Å²) in [6.45, 7) is 1.53. The summed E-state index contributed by atoms with van der Waals surface area (Å²) in [7, 11) is 0. The Kier molecular flexibility index (Phi) is 4.41. The average Bonchev–Trinajstić information content (AvgIpc) is 2.36. The molecule has 0 unspecified atom stereocenters. The molecular weight excluding hydrogens is 302 g/mol. The molecule has 2 aromatic heterocycles. The lowest BCUT2D eigenvalue weighted by molar-refractivity contribution is 0.0690. The van der Waals surface area contributed by atoms with Gasteiger partial charge in [-0.2, -0.15) is 4.98 Å². The lowest BCUT2D eigenvalue weighted by Gasteiger charge is -2.06. The maximum atomic E-state index is 11.3. The Morgan fingerprint density at radius 2 is 2.25 bits per heavy atom. The number of thioether (sulfide) groups is 1. The fourth-order valence-corrected chi connectivity index (χ4v) is 2.68. The first kappa shape index (κ1) is 14.5. The molecule has 0 bridgehead atoms. The van der Waals surface area contributed by atoms with Crippen molar-refractivity contribution in [3.63, 3.8) is 0 Å². The first-order valence-corrected chi connectivity index (χ1v) is 6.91. The maximum absolute atomic E-state index is 11.3. The van der Waals surface area contributed by atoms with Gasteiger partial charge in [0, 0.05) is 17.6 Å². The van der Waals surface area contributed by atoms with E-state index in [0.717, 1.165) is 5.56 Å². The van der Waals surface area contributed by atoms with Crippen LogP contribution < -0.4 is 5.69 Å². The van der Waals surface area contributed by atoms with Crippen molar-refractivity contribution in [3.05, 3.63) is 50.8 Å². The number of hydrogen-bond acceptors (Lipinski definition) is 5. The molecule has 6 nitrogen and oxygen atoms in total. The minimum Gasteiger partial charge on any atom is -0.478 e. The molecule has 8 heteroatoms. The summed E-state index contributed by atoms with van der Waals surface area (Å²) in [6.07, 6.45) is 1.59. The van der Waals surface area contributed by atoms with Crippen LogP contribution in [0, 0.1) is 6.92 Å². The molecule has 0 aliphatic heterocycles. The van der Waals surface area contributed by atoms with Crippen molar-refractivity contribution < 1.29 is 9.90 Å². The fraction of sp³-hybridized carbons (Fsp3) is 0.167. The number of rotatable bonds is 4. The number of carboxylic acids is 1. The van der Waals surface area contributed by atoms with Crippen molar-refractivity contribution in [2.45, 2.75) is 17.7 Å². The number of aromatic carboxylic acids is 1. The molecule has 2 heterocycles. The van der Waals surface area contributed by atoms with Crippen LogP contribution in [0.15, 0.2) is 28.2 Å². The highest BCUT2D eigenvalue weighted by Crippen LogP contribution is 2.24. The number of carboxylic acid groups (broad SMARTS) is 1. The number of nitrogens with one attached hydrogen (secondary N) is 1. The van der Waals surface area contributed by atoms with Gasteiger partial charge in [-0.05, 0) is 18.6 Å². The number of aromatic amines is 1. The quantitative estimate of drug-likeness (QED) is 0.510. The molecule has 0 atom stereocenters. The molecule has 2 rings (SSSR count). The fourth-order valence-electron chi connectivity index (χ4n) is 1.56. The molecule has 0 fully saturated rings. The SMILES string of the molecule is Cc1[nH]c(=O)nc(SCc2ccc(Cl)nc2)c1C(=O)O. The van der Waals surface area contributed by atoms with Crippen molar-refractivity contribution >= 4 is 29.3 Å². The number of hydrogen-bond donors (Lipinski definition) is 2. The Morgan fingerprint density at radius 3 is 2.85 bits per heavy atom. The van der Waals surface area contributed by atoms with Gasteiger partial charge in [0.05, 0.1) is 0 Å². The molecule has 0 aromatic carbocycles. The number of aryl methyl sites for hydroxylation is 1. The Morgan fingerprint density at radius 1 is 1.50 bits per heavy atom. The third-order valence-electron chi connectivity index (χ3n) is 2.46. The van der Waals surface area contributed by atoms with Gasteiger partial charge >= 0.3 is 11.7 Å². The topological polar surface area (TPSA) is 95.9 Å². The van der Waals surface area contributed by atoms with E-state index in [0.29, 0.717) is 10.9 Å². The van der Waals surface area contributed by atoms with Crippen molar-refractivity contribution in [1.29, 1.82) is 0 Å². The normalized spacial score (nSPS) is 10.5. The van der Waals surface area contributed by atoms with E-state index in [9.17, 15) is 9.59 Å². The average molecular weight is 312 g/mol. The lowest BCUT2D eigenvalue weighted by Crippen LogP contribution is -2.18. The highest BCUT2D eigenvalue weighted by atomic mass is 35.5. The summed E-state index contributed by atoms with van der Waals surface area (Å²) in [6, 6.07) is 3.43. The molecule has 0 aliphatic rings. The van der Waals surface area contributed by atoms with Gasteiger partial charge in [-0.25, -0.2) is 14.6 Å². The van der Waals surface area contributed by atoms with E-state index >= 15 is 0 Å². The lowest BCUT2D eigenvalue weighted by atomic mass is 10.2. The van der Waals surface area contributed by atoms with E-state index in [-0.39, 0.29) is 16.3 Å². The third kappa shape index (κ3) is 3.37. The van der Waals surface area contributed by atoms with Crippen molar-refractivity contribution in [3.8, 4) is 0 Å². The Hall–Kier alpha value is -1.86. The van der Waals surface area contributed by atoms with Crippen LogP contribution in [0.1, 0.15) is 21.6 Å². The monoisotopic (exact) mass is 311 g/mol. The number of pyridine rings is 1. The van der Waals surface area contributed by atoms with Crippen LogP contribution in [0.25, 0.3) is 0 Å². The smallest absolute Gasteiger partial charge is 0.346 e. The molecule has 0 aliphatic carbocycles. The summed E-state index contributed by atoms with van der Waals surface area (Å²) in [5.41, 5.74) is 0.588. The molecule has 20 heavy (non-hydrogen) atoms. The largest absolute Gasteiger partial charge is 0.478 e. The summed E-state index contributed by atoms with van der Waals surface area (Å²) in [5, 5.41) is 9.74. The highest BCUT2D eigenvalue weighted by molar-refractivity contribution is 7.98. The van der Waals surface area contributed by atoms with Gasteiger partial charge in [-0.3, -0.25) is 0 Å². The molecule has 0 radical (unpaired) electrons. The number of H-pyrrole nitrogens is 1. The Balaban J connectivity index is 2.27. The van der Waals surface area contributed by atoms with Gasteiger partial charge in [0.2, 0.25) is 0 Å². The number of aromatic nitrogens is 3. The maximum Gasteiger partial charge on any atom is 0.346 e. The Labute approximate surface area is 123 Å². The second-order valence-corrected chi connectivity index (χ2v) is 5.28. The first-order valence-electron chi connectivity index (χ1n) is 5.55. The van der Waals surface area contributed by atoms with Gasteiger partial charge in [-0.15, -0.1) is 11.8 Å². The van der Waals surface area contributed by atoms with Crippen molar-refractivity contribution in [2.24, 2.45) is 0 Å². The zero-order valence-corrected chi connectivity index (χ0v) is 12.0. The predicted octanol–water partition coefficient (Wildman–Crippen LogP) is 2.12. The van der Waals surface area contributed by atoms with Crippen molar-refractivity contribution in [1.82, 2.24) is 15.0 Å². The van der Waals surface area contributed by atoms with Crippen LogP contribution in [0.3, 0.4) is 0 Å². The number of carbonyl (C=O) groups is 1. The van der Waals surface area contributed by atoms with E-state index in [1.54, 1.807) is 18.3 Å². The van der Waals surface area contributed by atoms with Crippen LogP contribution in [0.5, 0.6) is 0 Å². The molecule has 2 aromatic rings. The number of halogens is 1. The molecule has 0 saturated heterocycles. The van der Waals surface area contributed by atoms with E-state index in [4.69, 9.17) is 16.7 Å². The minimum absolute atomic E-state index is 0.0107. The van der Waals surface area contributed by atoms with E-state index in [1.807, 2.05) is 0 Å². The number of nitrogens with zero attached hydrogens (tertiary/aromatic N) is 2. The van der Waals surface area contributed by atoms with Crippen LogP contribution in [0.4, 0.5) is 0 Å². The molecule has 2 N–H and O–H groups in total. The first-order chi connectivity index (χ1) is 9.47. The van der Waals surface area contributed by atoms with Crippen molar-refractivity contribution in [2.75, 3.05) is 0 Å². The van der Waals surface area contributed by atoms with Crippen LogP contribution in [0.2, 0.25) is 5.15 Å². The standard InChI is InChI=1S/C12H10ClN3O3S/c1-6-9(11(17)18)10(16-12(19)15-6)20-5-7-2-3-8(13)14-4-7/h2-4H,5H2,1H3,(H,17,18)(H,15,16,19). The third-order valence-corrected chi connectivity index (χ3v) is 3.73. The second-order valence-electron chi connectivity index (χ2n) is 3.93. The Bertz CT molecular complexity index is 700. The predicted molar refractivity (Wildman–Crippen MR) is 75.4 cm³/mol. The summed E-state index contributed by atoms with van der Waals surface area (Å²) in [4.78, 5) is 32.6. The second kappa shape index (κ2) is 6.06. The minimum atomic E-state index is -1.12. The molecular formula is C12H10ClN3O3S. The van der Waals surface area contributed by atoms with E-state index in [1.165, 1.54) is 18.7 Å². The van der Waals surface area contributed by atoms with E-state index < -0.39 is 11.7 Å². The summed E-state index contributed by atoms with van der Waals surface area (Å²) >= 11 is 6.85. The van der Waals surface area contributed by atoms with Crippen LogP contribution >= 0.6 is 23.4 Å². The van der Waals surface area contributed by atoms with E-state index in [2.05, 4.69) is 15.0 Å². The van der Waals surface area contributed by atoms with Crippen LogP contribution in [-0.2, 0) is 5.75 Å². The van der Waals surface area contributed by atoms with Crippen LogP contribution in [-0.4, -0.2) is 26.0 Å².